The van der Waals surface area contributed by atoms with Gasteiger partial charge in [0.2, 0.25) is 0 Å². The van der Waals surface area contributed by atoms with Gasteiger partial charge in [-0.25, -0.2) is 0 Å². The summed E-state index contributed by atoms with van der Waals surface area (Å²) in [5.41, 5.74) is -0.756. The molecule has 0 aliphatic heterocycles. The van der Waals surface area contributed by atoms with Crippen LogP contribution in [-0.4, -0.2) is 61.4 Å². The largest absolute Gasteiger partial charge is 0.389 e. The molecular formula is C13H29NO4. The van der Waals surface area contributed by atoms with Crippen molar-refractivity contribution >= 4 is 0 Å². The summed E-state index contributed by atoms with van der Waals surface area (Å²) in [7, 11) is 0. The fourth-order valence-electron chi connectivity index (χ4n) is 1.29. The van der Waals surface area contributed by atoms with Crippen molar-refractivity contribution in [1.82, 2.24) is 5.32 Å². The summed E-state index contributed by atoms with van der Waals surface area (Å²) in [6, 6.07) is 0. The maximum atomic E-state index is 9.58. The third-order valence-corrected chi connectivity index (χ3v) is 2.26. The Bertz CT molecular complexity index is 182. The molecule has 0 saturated carbocycles. The van der Waals surface area contributed by atoms with E-state index >= 15 is 0 Å². The van der Waals surface area contributed by atoms with Gasteiger partial charge < -0.3 is 25.0 Å². The van der Waals surface area contributed by atoms with Gasteiger partial charge in [0.1, 0.15) is 0 Å². The monoisotopic (exact) mass is 263 g/mol. The highest BCUT2D eigenvalue weighted by molar-refractivity contribution is 4.69. The smallest absolute Gasteiger partial charge is 0.0897 e. The summed E-state index contributed by atoms with van der Waals surface area (Å²) in [5, 5.41) is 22.0. The Labute approximate surface area is 110 Å². The van der Waals surface area contributed by atoms with Gasteiger partial charge in [0.15, 0.2) is 0 Å². The fourth-order valence-corrected chi connectivity index (χ4v) is 1.29. The van der Waals surface area contributed by atoms with E-state index < -0.39 is 11.7 Å². The van der Waals surface area contributed by atoms with Gasteiger partial charge in [-0.05, 0) is 20.3 Å². The van der Waals surface area contributed by atoms with Crippen molar-refractivity contribution in [3.05, 3.63) is 0 Å². The first-order valence-electron chi connectivity index (χ1n) is 6.72. The second-order valence-corrected chi connectivity index (χ2v) is 5.14. The van der Waals surface area contributed by atoms with Crippen LogP contribution in [0.4, 0.5) is 0 Å². The number of aliphatic hydroxyl groups excluding tert-OH is 1. The van der Waals surface area contributed by atoms with Crippen molar-refractivity contribution in [3.63, 3.8) is 0 Å². The van der Waals surface area contributed by atoms with Gasteiger partial charge in [-0.2, -0.15) is 0 Å². The zero-order chi connectivity index (χ0) is 13.9. The molecule has 0 aromatic carbocycles. The molecule has 110 valence electrons. The van der Waals surface area contributed by atoms with Crippen LogP contribution in [0.5, 0.6) is 0 Å². The Balaban J connectivity index is 3.24. The molecule has 0 fully saturated rings. The minimum Gasteiger partial charge on any atom is -0.389 e. The zero-order valence-electron chi connectivity index (χ0n) is 11.9. The van der Waals surface area contributed by atoms with Gasteiger partial charge in [0.25, 0.3) is 0 Å². The highest BCUT2D eigenvalue weighted by Crippen LogP contribution is 1.97. The molecule has 0 radical (unpaired) electrons. The minimum atomic E-state index is -0.756. The van der Waals surface area contributed by atoms with Crippen LogP contribution < -0.4 is 5.32 Å². The van der Waals surface area contributed by atoms with Crippen LogP contribution in [0.15, 0.2) is 0 Å². The molecular weight excluding hydrogens is 234 g/mol. The molecule has 1 unspecified atom stereocenters. The molecule has 0 saturated heterocycles. The second-order valence-electron chi connectivity index (χ2n) is 5.14. The predicted octanol–water partition coefficient (Wildman–Crippen LogP) is 0.541. The van der Waals surface area contributed by atoms with Crippen LogP contribution >= 0.6 is 0 Å². The van der Waals surface area contributed by atoms with E-state index in [9.17, 15) is 10.2 Å². The van der Waals surface area contributed by atoms with E-state index in [0.717, 1.165) is 19.4 Å². The van der Waals surface area contributed by atoms with E-state index in [2.05, 4.69) is 12.2 Å². The number of nitrogens with one attached hydrogen (secondary N) is 1. The molecule has 0 spiro atoms. The average molecular weight is 263 g/mol. The molecule has 0 heterocycles. The van der Waals surface area contributed by atoms with Crippen molar-refractivity contribution in [2.75, 3.05) is 39.5 Å². The lowest BCUT2D eigenvalue weighted by molar-refractivity contribution is 0.00164. The molecule has 0 aromatic rings. The molecule has 0 aromatic heterocycles. The highest BCUT2D eigenvalue weighted by atomic mass is 16.5. The van der Waals surface area contributed by atoms with Crippen LogP contribution in [0.25, 0.3) is 0 Å². The first-order chi connectivity index (χ1) is 8.45. The number of unbranched alkanes of at least 4 members (excludes halogenated alkanes) is 1. The highest BCUT2D eigenvalue weighted by Gasteiger charge is 2.12. The van der Waals surface area contributed by atoms with E-state index in [1.54, 1.807) is 13.8 Å². The summed E-state index contributed by atoms with van der Waals surface area (Å²) in [6.45, 7) is 8.57. The third-order valence-electron chi connectivity index (χ3n) is 2.26. The number of ether oxygens (including phenoxy) is 2. The van der Waals surface area contributed by atoms with Crippen molar-refractivity contribution in [2.24, 2.45) is 0 Å². The van der Waals surface area contributed by atoms with Crippen LogP contribution in [-0.2, 0) is 9.47 Å². The van der Waals surface area contributed by atoms with Crippen molar-refractivity contribution in [1.29, 1.82) is 0 Å². The topological polar surface area (TPSA) is 71.0 Å². The van der Waals surface area contributed by atoms with Gasteiger partial charge in [0, 0.05) is 19.7 Å². The van der Waals surface area contributed by atoms with Gasteiger partial charge in [-0.3, -0.25) is 0 Å². The summed E-state index contributed by atoms with van der Waals surface area (Å²) in [6.07, 6.45) is 1.65. The van der Waals surface area contributed by atoms with E-state index in [1.807, 2.05) is 0 Å². The van der Waals surface area contributed by atoms with Crippen LogP contribution in [0.3, 0.4) is 0 Å². The minimum absolute atomic E-state index is 0.288. The number of hydrogen-bond donors (Lipinski definition) is 3. The third kappa shape index (κ3) is 13.9. The lowest BCUT2D eigenvalue weighted by Crippen LogP contribution is -2.39. The standard InChI is InChI=1S/C13H29NO4/c1-4-5-6-17-7-8-18-10-12(15)9-14-11-13(2,3)16/h12,14-16H,4-11H2,1-3H3. The Hall–Kier alpha value is -0.200. The van der Waals surface area contributed by atoms with Crippen molar-refractivity contribution < 1.29 is 19.7 Å². The molecule has 0 aliphatic rings. The summed E-state index contributed by atoms with van der Waals surface area (Å²) in [5.74, 6) is 0. The normalized spacial score (nSPS) is 13.8. The Morgan fingerprint density at radius 2 is 1.83 bits per heavy atom. The van der Waals surface area contributed by atoms with Crippen LogP contribution in [0.1, 0.15) is 33.6 Å². The molecule has 0 bridgehead atoms. The summed E-state index contributed by atoms with van der Waals surface area (Å²) >= 11 is 0. The molecule has 0 aliphatic carbocycles. The number of rotatable bonds is 12. The fraction of sp³-hybridized carbons (Fsp3) is 1.00. The SMILES string of the molecule is CCCCOCCOCC(O)CNCC(C)(C)O. The number of hydrogen-bond acceptors (Lipinski definition) is 5. The molecule has 18 heavy (non-hydrogen) atoms. The lowest BCUT2D eigenvalue weighted by Gasteiger charge is -2.19. The maximum Gasteiger partial charge on any atom is 0.0897 e. The Morgan fingerprint density at radius 3 is 2.44 bits per heavy atom. The predicted molar refractivity (Wildman–Crippen MR) is 71.7 cm³/mol. The van der Waals surface area contributed by atoms with E-state index in [1.165, 1.54) is 0 Å². The first-order valence-corrected chi connectivity index (χ1v) is 6.72. The van der Waals surface area contributed by atoms with E-state index in [4.69, 9.17) is 9.47 Å². The van der Waals surface area contributed by atoms with E-state index in [-0.39, 0.29) is 6.61 Å². The molecule has 3 N–H and O–H groups in total. The average Bonchev–Trinajstić information content (AvgIpc) is 2.26. The maximum absolute atomic E-state index is 9.58. The van der Waals surface area contributed by atoms with Gasteiger partial charge >= 0.3 is 0 Å². The molecule has 0 amide bonds. The molecule has 0 rings (SSSR count). The first kappa shape index (κ1) is 17.8. The van der Waals surface area contributed by atoms with Crippen LogP contribution in [0, 0.1) is 0 Å². The molecule has 1 atom stereocenters. The summed E-state index contributed by atoms with van der Waals surface area (Å²) in [4.78, 5) is 0. The van der Waals surface area contributed by atoms with Crippen molar-refractivity contribution in [2.45, 2.75) is 45.3 Å². The summed E-state index contributed by atoms with van der Waals surface area (Å²) < 4.78 is 10.6. The van der Waals surface area contributed by atoms with Gasteiger partial charge in [-0.15, -0.1) is 0 Å². The van der Waals surface area contributed by atoms with Crippen molar-refractivity contribution in [3.8, 4) is 0 Å². The Kier molecular flexibility index (Phi) is 10.6. The number of aliphatic hydroxyl groups is 2. The lowest BCUT2D eigenvalue weighted by atomic mass is 10.1. The van der Waals surface area contributed by atoms with E-state index in [0.29, 0.717) is 26.3 Å². The molecule has 5 heteroatoms. The zero-order valence-corrected chi connectivity index (χ0v) is 11.9. The Morgan fingerprint density at radius 1 is 1.17 bits per heavy atom. The van der Waals surface area contributed by atoms with Gasteiger partial charge in [0.05, 0.1) is 31.5 Å². The van der Waals surface area contributed by atoms with Gasteiger partial charge in [-0.1, -0.05) is 13.3 Å². The quantitative estimate of drug-likeness (QED) is 0.448. The molecule has 5 nitrogen and oxygen atoms in total. The second kappa shape index (κ2) is 10.7. The van der Waals surface area contributed by atoms with Crippen LogP contribution in [0.2, 0.25) is 0 Å².